The topological polar surface area (TPSA) is 90.7 Å². The Bertz CT molecular complexity index is 1030. The molecule has 27 heavy (non-hydrogen) atoms. The van der Waals surface area contributed by atoms with Crippen LogP contribution in [0.2, 0.25) is 0 Å². The summed E-state index contributed by atoms with van der Waals surface area (Å²) < 4.78 is 44.2. The molecule has 1 heterocycles. The van der Waals surface area contributed by atoms with E-state index in [1.54, 1.807) is 49.4 Å². The Morgan fingerprint density at radius 3 is 2.44 bits per heavy atom. The number of benzene rings is 2. The quantitative estimate of drug-likeness (QED) is 0.661. The average Bonchev–Trinajstić information content (AvgIpc) is 3.09. The zero-order valence-electron chi connectivity index (χ0n) is 15.2. The van der Waals surface area contributed by atoms with Gasteiger partial charge in [-0.3, -0.25) is 4.72 Å². The molecule has 2 aromatic carbocycles. The van der Waals surface area contributed by atoms with Crippen LogP contribution in [-0.4, -0.2) is 27.3 Å². The van der Waals surface area contributed by atoms with E-state index in [9.17, 15) is 8.42 Å². The molecule has 0 spiro atoms. The molecule has 0 aliphatic rings. The SMILES string of the molecule is CCOc1ccc(NS(=O)(=O)c2cc(-c3cc(C)no3)ccc2OC)cc1. The molecule has 0 amide bonds. The van der Waals surface area contributed by atoms with E-state index in [1.165, 1.54) is 13.2 Å². The molecular weight excluding hydrogens is 368 g/mol. The first-order valence-electron chi connectivity index (χ1n) is 8.30. The minimum atomic E-state index is -3.88. The molecule has 0 saturated carbocycles. The van der Waals surface area contributed by atoms with Crippen LogP contribution >= 0.6 is 0 Å². The molecule has 0 radical (unpaired) electrons. The number of anilines is 1. The summed E-state index contributed by atoms with van der Waals surface area (Å²) >= 11 is 0. The summed E-state index contributed by atoms with van der Waals surface area (Å²) in [6, 6.07) is 13.2. The second-order valence-corrected chi connectivity index (χ2v) is 7.41. The van der Waals surface area contributed by atoms with Gasteiger partial charge in [-0.05, 0) is 56.3 Å². The van der Waals surface area contributed by atoms with Gasteiger partial charge in [0.2, 0.25) is 0 Å². The minimum Gasteiger partial charge on any atom is -0.495 e. The third-order valence-corrected chi connectivity index (χ3v) is 5.19. The van der Waals surface area contributed by atoms with Crippen LogP contribution in [0.1, 0.15) is 12.6 Å². The first kappa shape index (κ1) is 18.8. The largest absolute Gasteiger partial charge is 0.495 e. The van der Waals surface area contributed by atoms with E-state index in [0.717, 1.165) is 0 Å². The van der Waals surface area contributed by atoms with Crippen molar-refractivity contribution in [3.05, 3.63) is 54.2 Å². The summed E-state index contributed by atoms with van der Waals surface area (Å²) in [4.78, 5) is 0.00503. The first-order valence-corrected chi connectivity index (χ1v) is 9.78. The number of ether oxygens (including phenoxy) is 2. The lowest BCUT2D eigenvalue weighted by atomic mass is 10.1. The number of nitrogens with zero attached hydrogens (tertiary/aromatic N) is 1. The maximum absolute atomic E-state index is 12.9. The van der Waals surface area contributed by atoms with Gasteiger partial charge in [0.05, 0.1) is 19.4 Å². The Balaban J connectivity index is 1.94. The summed E-state index contributed by atoms with van der Waals surface area (Å²) in [6.07, 6.45) is 0. The number of aromatic nitrogens is 1. The molecule has 3 rings (SSSR count). The Morgan fingerprint density at radius 1 is 1.11 bits per heavy atom. The van der Waals surface area contributed by atoms with Gasteiger partial charge in [0, 0.05) is 17.3 Å². The molecule has 0 fully saturated rings. The molecule has 0 bridgehead atoms. The second kappa shape index (κ2) is 7.71. The van der Waals surface area contributed by atoms with Gasteiger partial charge in [-0.2, -0.15) is 0 Å². The predicted molar refractivity (Wildman–Crippen MR) is 102 cm³/mol. The highest BCUT2D eigenvalue weighted by molar-refractivity contribution is 7.92. The van der Waals surface area contributed by atoms with E-state index in [4.69, 9.17) is 14.0 Å². The van der Waals surface area contributed by atoms with E-state index in [-0.39, 0.29) is 10.6 Å². The van der Waals surface area contributed by atoms with E-state index in [1.807, 2.05) is 6.92 Å². The van der Waals surface area contributed by atoms with Gasteiger partial charge < -0.3 is 14.0 Å². The van der Waals surface area contributed by atoms with E-state index in [0.29, 0.717) is 35.1 Å². The monoisotopic (exact) mass is 388 g/mol. The molecular formula is C19H20N2O5S. The van der Waals surface area contributed by atoms with Crippen LogP contribution in [0, 0.1) is 6.92 Å². The second-order valence-electron chi connectivity index (χ2n) is 5.76. The van der Waals surface area contributed by atoms with Gasteiger partial charge >= 0.3 is 0 Å². The van der Waals surface area contributed by atoms with Crippen molar-refractivity contribution in [1.82, 2.24) is 5.16 Å². The molecule has 0 atom stereocenters. The number of rotatable bonds is 7. The smallest absolute Gasteiger partial charge is 0.265 e. The zero-order chi connectivity index (χ0) is 19.4. The molecule has 1 N–H and O–H groups in total. The van der Waals surface area contributed by atoms with E-state index < -0.39 is 10.0 Å². The molecule has 0 unspecified atom stereocenters. The van der Waals surface area contributed by atoms with Crippen molar-refractivity contribution in [2.24, 2.45) is 0 Å². The van der Waals surface area contributed by atoms with Crippen LogP contribution in [-0.2, 0) is 10.0 Å². The van der Waals surface area contributed by atoms with Crippen LogP contribution < -0.4 is 14.2 Å². The molecule has 1 aromatic heterocycles. The summed E-state index contributed by atoms with van der Waals surface area (Å²) in [5.41, 5.74) is 1.71. The highest BCUT2D eigenvalue weighted by Gasteiger charge is 2.21. The summed E-state index contributed by atoms with van der Waals surface area (Å²) in [5.74, 6) is 1.38. The third kappa shape index (κ3) is 4.22. The summed E-state index contributed by atoms with van der Waals surface area (Å²) in [6.45, 7) is 4.21. The van der Waals surface area contributed by atoms with Crippen molar-refractivity contribution in [2.45, 2.75) is 18.7 Å². The van der Waals surface area contributed by atoms with E-state index >= 15 is 0 Å². The number of nitrogens with one attached hydrogen (secondary N) is 1. The molecule has 7 nitrogen and oxygen atoms in total. The van der Waals surface area contributed by atoms with Crippen molar-refractivity contribution in [3.63, 3.8) is 0 Å². The Labute approximate surface area is 158 Å². The fraction of sp³-hybridized carbons (Fsp3) is 0.211. The number of sulfonamides is 1. The van der Waals surface area contributed by atoms with Gasteiger partial charge in [0.1, 0.15) is 16.4 Å². The lowest BCUT2D eigenvalue weighted by Crippen LogP contribution is -2.14. The summed E-state index contributed by atoms with van der Waals surface area (Å²) in [5, 5.41) is 3.84. The lowest BCUT2D eigenvalue weighted by Gasteiger charge is -2.13. The maximum atomic E-state index is 12.9. The van der Waals surface area contributed by atoms with Crippen molar-refractivity contribution in [3.8, 4) is 22.8 Å². The van der Waals surface area contributed by atoms with Gasteiger partial charge in [-0.25, -0.2) is 8.42 Å². The predicted octanol–water partition coefficient (Wildman–Crippen LogP) is 3.86. The van der Waals surface area contributed by atoms with Gasteiger partial charge in [-0.1, -0.05) is 5.16 Å². The number of hydrogen-bond acceptors (Lipinski definition) is 6. The molecule has 0 saturated heterocycles. The van der Waals surface area contributed by atoms with Crippen molar-refractivity contribution < 1.29 is 22.4 Å². The minimum absolute atomic E-state index is 0.00503. The van der Waals surface area contributed by atoms with Crippen molar-refractivity contribution in [2.75, 3.05) is 18.4 Å². The van der Waals surface area contributed by atoms with Crippen molar-refractivity contribution >= 4 is 15.7 Å². The first-order chi connectivity index (χ1) is 12.9. The third-order valence-electron chi connectivity index (χ3n) is 3.78. The van der Waals surface area contributed by atoms with Crippen molar-refractivity contribution in [1.29, 1.82) is 0 Å². The van der Waals surface area contributed by atoms with Gasteiger partial charge in [-0.15, -0.1) is 0 Å². The molecule has 0 aliphatic carbocycles. The van der Waals surface area contributed by atoms with Gasteiger partial charge in [0.15, 0.2) is 5.76 Å². The van der Waals surface area contributed by atoms with Crippen LogP contribution in [0.25, 0.3) is 11.3 Å². The van der Waals surface area contributed by atoms with Gasteiger partial charge in [0.25, 0.3) is 10.0 Å². The number of aryl methyl sites for hydroxylation is 1. The Hall–Kier alpha value is -3.00. The fourth-order valence-electron chi connectivity index (χ4n) is 2.54. The highest BCUT2D eigenvalue weighted by Crippen LogP contribution is 2.31. The van der Waals surface area contributed by atoms with Crippen LogP contribution in [0.4, 0.5) is 5.69 Å². The number of methoxy groups -OCH3 is 1. The molecule has 8 heteroatoms. The maximum Gasteiger partial charge on any atom is 0.265 e. The van der Waals surface area contributed by atoms with Crippen LogP contribution in [0.15, 0.2) is 57.9 Å². The lowest BCUT2D eigenvalue weighted by molar-refractivity contribution is 0.340. The standard InChI is InChI=1S/C19H20N2O5S/c1-4-25-16-8-6-15(7-9-16)21-27(22,23)19-12-14(5-10-17(19)24-3)18-11-13(2)20-26-18/h5-12,21H,4H2,1-3H3. The molecule has 0 aliphatic heterocycles. The van der Waals surface area contributed by atoms with Crippen LogP contribution in [0.5, 0.6) is 11.5 Å². The number of hydrogen-bond donors (Lipinski definition) is 1. The highest BCUT2D eigenvalue weighted by atomic mass is 32.2. The Kier molecular flexibility index (Phi) is 5.36. The molecule has 142 valence electrons. The average molecular weight is 388 g/mol. The normalized spacial score (nSPS) is 11.2. The summed E-state index contributed by atoms with van der Waals surface area (Å²) in [7, 11) is -2.46. The van der Waals surface area contributed by atoms with E-state index in [2.05, 4.69) is 9.88 Å². The fourth-order valence-corrected chi connectivity index (χ4v) is 3.79. The Morgan fingerprint density at radius 2 is 1.85 bits per heavy atom. The molecule has 3 aromatic rings. The zero-order valence-corrected chi connectivity index (χ0v) is 16.0. The van der Waals surface area contributed by atoms with Crippen LogP contribution in [0.3, 0.4) is 0 Å².